The van der Waals surface area contributed by atoms with Crippen molar-refractivity contribution in [2.24, 2.45) is 0 Å². The third kappa shape index (κ3) is 1.28. The Morgan fingerprint density at radius 2 is 2.00 bits per heavy atom. The van der Waals surface area contributed by atoms with Gasteiger partial charge in [0.05, 0.1) is 18.7 Å². The first-order valence-corrected chi connectivity index (χ1v) is 5.23. The van der Waals surface area contributed by atoms with Crippen molar-refractivity contribution >= 4 is 21.9 Å². The molecule has 1 heterocycles. The van der Waals surface area contributed by atoms with E-state index < -0.39 is 0 Å². The molecular weight excluding hydrogens is 214 g/mol. The van der Waals surface area contributed by atoms with Crippen molar-refractivity contribution in [1.29, 1.82) is 5.26 Å². The first-order chi connectivity index (χ1) is 8.35. The zero-order valence-electron chi connectivity index (χ0n) is 9.23. The van der Waals surface area contributed by atoms with E-state index in [4.69, 9.17) is 14.4 Å². The van der Waals surface area contributed by atoms with E-state index in [1.54, 1.807) is 19.2 Å². The number of methoxy groups -OCH3 is 1. The monoisotopic (exact) mass is 223 g/mol. The Bertz CT molecular complexity index is 750. The van der Waals surface area contributed by atoms with E-state index in [0.29, 0.717) is 16.9 Å². The summed E-state index contributed by atoms with van der Waals surface area (Å²) in [5, 5.41) is 10.9. The fourth-order valence-electron chi connectivity index (χ4n) is 2.06. The molecule has 2 aromatic carbocycles. The van der Waals surface area contributed by atoms with E-state index in [1.807, 2.05) is 24.3 Å². The summed E-state index contributed by atoms with van der Waals surface area (Å²) in [6.45, 7) is 0. The van der Waals surface area contributed by atoms with Crippen LogP contribution in [0.5, 0.6) is 5.75 Å². The lowest BCUT2D eigenvalue weighted by atomic mass is 10.1. The van der Waals surface area contributed by atoms with Crippen molar-refractivity contribution in [1.82, 2.24) is 0 Å². The van der Waals surface area contributed by atoms with Crippen LogP contribution in [-0.2, 0) is 0 Å². The van der Waals surface area contributed by atoms with Gasteiger partial charge < -0.3 is 9.15 Å². The average molecular weight is 223 g/mol. The van der Waals surface area contributed by atoms with Gasteiger partial charge in [0.1, 0.15) is 5.58 Å². The van der Waals surface area contributed by atoms with Crippen LogP contribution in [0.1, 0.15) is 5.56 Å². The molecule has 0 radical (unpaired) electrons. The van der Waals surface area contributed by atoms with Crippen LogP contribution in [0.15, 0.2) is 40.8 Å². The predicted molar refractivity (Wildman–Crippen MR) is 65.0 cm³/mol. The van der Waals surface area contributed by atoms with Crippen LogP contribution < -0.4 is 4.74 Å². The maximum absolute atomic E-state index is 9.14. The van der Waals surface area contributed by atoms with Crippen molar-refractivity contribution in [2.75, 3.05) is 7.11 Å². The third-order valence-electron chi connectivity index (χ3n) is 2.83. The Hall–Kier alpha value is -2.47. The number of para-hydroxylation sites is 1. The Labute approximate surface area is 97.8 Å². The number of furan rings is 1. The molecule has 0 atom stereocenters. The minimum absolute atomic E-state index is 0.603. The lowest BCUT2D eigenvalue weighted by molar-refractivity contribution is 0.412. The van der Waals surface area contributed by atoms with Crippen molar-refractivity contribution < 1.29 is 9.15 Å². The molecule has 0 N–H and O–H groups in total. The molecule has 1 aromatic heterocycles. The fraction of sp³-hybridized carbons (Fsp3) is 0.0714. The summed E-state index contributed by atoms with van der Waals surface area (Å²) in [7, 11) is 1.59. The van der Waals surface area contributed by atoms with Gasteiger partial charge >= 0.3 is 0 Å². The van der Waals surface area contributed by atoms with Gasteiger partial charge in [0.2, 0.25) is 0 Å². The minimum Gasteiger partial charge on any atom is -0.493 e. The number of hydrogen-bond acceptors (Lipinski definition) is 3. The molecule has 3 rings (SSSR count). The summed E-state index contributed by atoms with van der Waals surface area (Å²) in [4.78, 5) is 0. The first-order valence-electron chi connectivity index (χ1n) is 5.23. The van der Waals surface area contributed by atoms with Crippen molar-refractivity contribution in [3.8, 4) is 11.8 Å². The van der Waals surface area contributed by atoms with Gasteiger partial charge in [0.15, 0.2) is 11.3 Å². The van der Waals surface area contributed by atoms with E-state index >= 15 is 0 Å². The topological polar surface area (TPSA) is 46.2 Å². The van der Waals surface area contributed by atoms with Crippen LogP contribution in [-0.4, -0.2) is 7.11 Å². The second-order valence-electron chi connectivity index (χ2n) is 3.73. The summed E-state index contributed by atoms with van der Waals surface area (Å²) < 4.78 is 11.0. The van der Waals surface area contributed by atoms with Crippen LogP contribution in [0.25, 0.3) is 21.9 Å². The number of fused-ring (bicyclic) bond motifs is 3. The lowest BCUT2D eigenvalue weighted by Gasteiger charge is -2.00. The SMILES string of the molecule is COc1ccc(C#N)c2c1oc1ccccc12. The molecule has 0 saturated heterocycles. The van der Waals surface area contributed by atoms with E-state index in [1.165, 1.54) is 0 Å². The number of nitriles is 1. The van der Waals surface area contributed by atoms with Crippen molar-refractivity contribution in [2.45, 2.75) is 0 Å². The Balaban J connectivity index is 2.59. The average Bonchev–Trinajstić information content (AvgIpc) is 2.77. The predicted octanol–water partition coefficient (Wildman–Crippen LogP) is 3.47. The quantitative estimate of drug-likeness (QED) is 0.634. The normalized spacial score (nSPS) is 10.6. The molecule has 3 aromatic rings. The molecule has 82 valence electrons. The maximum atomic E-state index is 9.14. The van der Waals surface area contributed by atoms with Gasteiger partial charge in [-0.15, -0.1) is 0 Å². The van der Waals surface area contributed by atoms with Crippen molar-refractivity contribution in [3.05, 3.63) is 42.0 Å². The van der Waals surface area contributed by atoms with Crippen LogP contribution in [0, 0.1) is 11.3 Å². The highest BCUT2D eigenvalue weighted by Crippen LogP contribution is 2.36. The smallest absolute Gasteiger partial charge is 0.178 e. The molecule has 0 fully saturated rings. The highest BCUT2D eigenvalue weighted by molar-refractivity contribution is 6.09. The second-order valence-corrected chi connectivity index (χ2v) is 3.73. The highest BCUT2D eigenvalue weighted by atomic mass is 16.5. The molecule has 0 unspecified atom stereocenters. The Kier molecular flexibility index (Phi) is 2.02. The Morgan fingerprint density at radius 3 is 2.76 bits per heavy atom. The third-order valence-corrected chi connectivity index (χ3v) is 2.83. The van der Waals surface area contributed by atoms with Gasteiger partial charge in [-0.25, -0.2) is 0 Å². The number of benzene rings is 2. The standard InChI is InChI=1S/C14H9NO2/c1-16-12-7-6-9(8-15)13-10-4-2-3-5-11(10)17-14(12)13/h2-7H,1H3. The zero-order valence-corrected chi connectivity index (χ0v) is 9.23. The highest BCUT2D eigenvalue weighted by Gasteiger charge is 2.14. The van der Waals surface area contributed by atoms with E-state index in [2.05, 4.69) is 6.07 Å². The summed E-state index contributed by atoms with van der Waals surface area (Å²) in [6.07, 6.45) is 0. The fourth-order valence-corrected chi connectivity index (χ4v) is 2.06. The van der Waals surface area contributed by atoms with Crippen LogP contribution in [0.3, 0.4) is 0 Å². The van der Waals surface area contributed by atoms with E-state index in [0.717, 1.165) is 16.4 Å². The minimum atomic E-state index is 0.603. The van der Waals surface area contributed by atoms with Crippen LogP contribution in [0.4, 0.5) is 0 Å². The zero-order chi connectivity index (χ0) is 11.8. The largest absolute Gasteiger partial charge is 0.493 e. The molecule has 0 amide bonds. The number of rotatable bonds is 1. The second kappa shape index (κ2) is 3.53. The molecular formula is C14H9NO2. The van der Waals surface area contributed by atoms with Gasteiger partial charge in [-0.05, 0) is 18.2 Å². The number of hydrogen-bond donors (Lipinski definition) is 0. The molecule has 0 saturated carbocycles. The molecule has 3 nitrogen and oxygen atoms in total. The number of nitrogens with zero attached hydrogens (tertiary/aromatic N) is 1. The number of ether oxygens (including phenoxy) is 1. The molecule has 0 aliphatic carbocycles. The lowest BCUT2D eigenvalue weighted by Crippen LogP contribution is -1.84. The van der Waals surface area contributed by atoms with Gasteiger partial charge in [-0.2, -0.15) is 5.26 Å². The summed E-state index contributed by atoms with van der Waals surface area (Å²) in [6, 6.07) is 13.4. The van der Waals surface area contributed by atoms with Gasteiger partial charge in [0.25, 0.3) is 0 Å². The van der Waals surface area contributed by atoms with Crippen LogP contribution >= 0.6 is 0 Å². The van der Waals surface area contributed by atoms with Gasteiger partial charge in [0, 0.05) is 10.8 Å². The van der Waals surface area contributed by atoms with E-state index in [9.17, 15) is 0 Å². The Morgan fingerprint density at radius 1 is 1.18 bits per heavy atom. The summed E-state index contributed by atoms with van der Waals surface area (Å²) >= 11 is 0. The summed E-state index contributed by atoms with van der Waals surface area (Å²) in [5.41, 5.74) is 2.00. The summed E-state index contributed by atoms with van der Waals surface area (Å²) in [5.74, 6) is 0.648. The molecule has 3 heteroatoms. The van der Waals surface area contributed by atoms with Gasteiger partial charge in [-0.1, -0.05) is 18.2 Å². The first kappa shape index (κ1) is 9.73. The molecule has 17 heavy (non-hydrogen) atoms. The molecule has 0 spiro atoms. The van der Waals surface area contributed by atoms with Crippen molar-refractivity contribution in [3.63, 3.8) is 0 Å². The van der Waals surface area contributed by atoms with E-state index in [-0.39, 0.29) is 0 Å². The molecule has 0 aliphatic rings. The molecule has 0 bridgehead atoms. The maximum Gasteiger partial charge on any atom is 0.178 e. The van der Waals surface area contributed by atoms with Crippen LogP contribution in [0.2, 0.25) is 0 Å². The molecule has 0 aliphatic heterocycles. The van der Waals surface area contributed by atoms with Gasteiger partial charge in [-0.3, -0.25) is 0 Å².